The van der Waals surface area contributed by atoms with Crippen molar-refractivity contribution in [3.8, 4) is 0 Å². The molecule has 82 valence electrons. The monoisotopic (exact) mass is 210 g/mol. The molecule has 0 fully saturated rings. The molecule has 0 aliphatic rings. The van der Waals surface area contributed by atoms with Gasteiger partial charge in [-0.3, -0.25) is 4.79 Å². The highest BCUT2D eigenvalue weighted by Crippen LogP contribution is 2.21. The fourth-order valence-electron chi connectivity index (χ4n) is 1.37. The van der Waals surface area contributed by atoms with Crippen LogP contribution in [0, 0.1) is 6.92 Å². The molecule has 0 aliphatic heterocycles. The van der Waals surface area contributed by atoms with Gasteiger partial charge in [0.05, 0.1) is 6.61 Å². The first-order valence-corrected chi connectivity index (χ1v) is 4.63. The molecule has 2 atom stereocenters. The lowest BCUT2D eigenvalue weighted by Crippen LogP contribution is -2.23. The summed E-state index contributed by atoms with van der Waals surface area (Å²) in [4.78, 5) is 10.7. The van der Waals surface area contributed by atoms with E-state index in [2.05, 4.69) is 0 Å². The quantitative estimate of drug-likeness (QED) is 0.620. The van der Waals surface area contributed by atoms with Gasteiger partial charge in [0.2, 0.25) is 0 Å². The Labute approximate surface area is 87.8 Å². The molecule has 0 heterocycles. The van der Waals surface area contributed by atoms with E-state index in [0.717, 1.165) is 5.56 Å². The van der Waals surface area contributed by atoms with E-state index in [1.807, 2.05) is 6.92 Å². The Balaban J connectivity index is 3.07. The zero-order valence-electron chi connectivity index (χ0n) is 8.42. The van der Waals surface area contributed by atoms with Gasteiger partial charge in [0.15, 0.2) is 0 Å². The maximum atomic E-state index is 10.7. The third kappa shape index (κ3) is 2.62. The van der Waals surface area contributed by atoms with E-state index < -0.39 is 18.8 Å². The highest BCUT2D eigenvalue weighted by Gasteiger charge is 2.19. The van der Waals surface area contributed by atoms with E-state index in [4.69, 9.17) is 5.11 Å². The molecule has 0 spiro atoms. The summed E-state index contributed by atoms with van der Waals surface area (Å²) in [5, 5.41) is 27.6. The van der Waals surface area contributed by atoms with E-state index in [1.165, 1.54) is 0 Å². The number of benzene rings is 1. The summed E-state index contributed by atoms with van der Waals surface area (Å²) in [6.45, 7) is 1.28. The van der Waals surface area contributed by atoms with Crippen molar-refractivity contribution in [2.75, 3.05) is 6.61 Å². The van der Waals surface area contributed by atoms with Crippen molar-refractivity contribution in [1.29, 1.82) is 0 Å². The van der Waals surface area contributed by atoms with Crippen molar-refractivity contribution >= 4 is 6.29 Å². The zero-order valence-corrected chi connectivity index (χ0v) is 8.42. The van der Waals surface area contributed by atoms with Gasteiger partial charge in [-0.25, -0.2) is 0 Å². The zero-order chi connectivity index (χ0) is 11.4. The largest absolute Gasteiger partial charge is 0.394 e. The summed E-state index contributed by atoms with van der Waals surface area (Å²) < 4.78 is 0. The van der Waals surface area contributed by atoms with Crippen LogP contribution in [-0.4, -0.2) is 34.3 Å². The summed E-state index contributed by atoms with van der Waals surface area (Å²) in [5.41, 5.74) is 1.55. The molecule has 15 heavy (non-hydrogen) atoms. The molecule has 1 aromatic rings. The van der Waals surface area contributed by atoms with Gasteiger partial charge >= 0.3 is 0 Å². The summed E-state index contributed by atoms with van der Waals surface area (Å²) in [5.74, 6) is 0. The van der Waals surface area contributed by atoms with Crippen LogP contribution in [0.25, 0.3) is 0 Å². The van der Waals surface area contributed by atoms with E-state index in [0.29, 0.717) is 17.4 Å². The summed E-state index contributed by atoms with van der Waals surface area (Å²) >= 11 is 0. The van der Waals surface area contributed by atoms with Gasteiger partial charge in [-0.15, -0.1) is 0 Å². The third-order valence-electron chi connectivity index (χ3n) is 2.24. The molecule has 4 heteroatoms. The van der Waals surface area contributed by atoms with Crippen LogP contribution in [0.1, 0.15) is 27.6 Å². The van der Waals surface area contributed by atoms with Crippen molar-refractivity contribution in [3.63, 3.8) is 0 Å². The van der Waals surface area contributed by atoms with Gasteiger partial charge in [0.25, 0.3) is 0 Å². The Bertz CT molecular complexity index is 348. The molecule has 0 saturated carbocycles. The Kier molecular flexibility index (Phi) is 3.96. The highest BCUT2D eigenvalue weighted by molar-refractivity contribution is 5.77. The molecule has 0 aliphatic carbocycles. The molecule has 0 amide bonds. The van der Waals surface area contributed by atoms with Crippen LogP contribution >= 0.6 is 0 Å². The fourth-order valence-corrected chi connectivity index (χ4v) is 1.37. The van der Waals surface area contributed by atoms with E-state index in [1.54, 1.807) is 18.2 Å². The van der Waals surface area contributed by atoms with Crippen molar-refractivity contribution in [2.45, 2.75) is 19.1 Å². The van der Waals surface area contributed by atoms with Crippen LogP contribution in [0.3, 0.4) is 0 Å². The lowest BCUT2D eigenvalue weighted by Gasteiger charge is -2.17. The standard InChI is InChI=1S/C11H14O4/c1-7-2-3-9(8(4-7)5-12)11(15)10(14)6-13/h2-5,10-11,13-15H,6H2,1H3. The molecule has 0 radical (unpaired) electrons. The minimum atomic E-state index is -1.27. The second-order valence-electron chi connectivity index (χ2n) is 3.44. The van der Waals surface area contributed by atoms with Gasteiger partial charge in [0.1, 0.15) is 18.5 Å². The molecule has 0 bridgehead atoms. The minimum absolute atomic E-state index is 0.329. The maximum absolute atomic E-state index is 10.7. The summed E-state index contributed by atoms with van der Waals surface area (Å²) in [7, 11) is 0. The molecule has 0 saturated heterocycles. The first-order valence-electron chi connectivity index (χ1n) is 4.63. The Hall–Kier alpha value is -1.23. The van der Waals surface area contributed by atoms with Crippen LogP contribution in [0.4, 0.5) is 0 Å². The van der Waals surface area contributed by atoms with Gasteiger partial charge in [-0.05, 0) is 18.6 Å². The predicted molar refractivity (Wildman–Crippen MR) is 54.6 cm³/mol. The molecule has 1 aromatic carbocycles. The van der Waals surface area contributed by atoms with E-state index in [-0.39, 0.29) is 0 Å². The Morgan fingerprint density at radius 1 is 1.40 bits per heavy atom. The molecular formula is C11H14O4. The predicted octanol–water partition coefficient (Wildman–Crippen LogP) is 0.194. The van der Waals surface area contributed by atoms with Crippen LogP contribution in [0.5, 0.6) is 0 Å². The van der Waals surface area contributed by atoms with Gasteiger partial charge in [-0.1, -0.05) is 17.7 Å². The van der Waals surface area contributed by atoms with Crippen molar-refractivity contribution < 1.29 is 20.1 Å². The number of aliphatic hydroxyl groups excluding tert-OH is 3. The van der Waals surface area contributed by atoms with Crippen LogP contribution in [0.2, 0.25) is 0 Å². The molecule has 2 unspecified atom stereocenters. The van der Waals surface area contributed by atoms with E-state index >= 15 is 0 Å². The fraction of sp³-hybridized carbons (Fsp3) is 0.364. The molecule has 4 nitrogen and oxygen atoms in total. The summed E-state index contributed by atoms with van der Waals surface area (Å²) in [6, 6.07) is 4.92. The van der Waals surface area contributed by atoms with Crippen molar-refractivity contribution in [1.82, 2.24) is 0 Å². The first kappa shape index (κ1) is 11.8. The molecule has 3 N–H and O–H groups in total. The van der Waals surface area contributed by atoms with Gasteiger partial charge in [0, 0.05) is 5.56 Å². The number of carbonyl (C=O) groups is 1. The lowest BCUT2D eigenvalue weighted by atomic mass is 9.98. The number of hydrogen-bond acceptors (Lipinski definition) is 4. The highest BCUT2D eigenvalue weighted by atomic mass is 16.4. The SMILES string of the molecule is Cc1ccc(C(O)C(O)CO)c(C=O)c1. The third-order valence-corrected chi connectivity index (χ3v) is 2.24. The average molecular weight is 210 g/mol. The van der Waals surface area contributed by atoms with Gasteiger partial charge < -0.3 is 15.3 Å². The number of aryl methyl sites for hydroxylation is 1. The number of hydrogen-bond donors (Lipinski definition) is 3. The van der Waals surface area contributed by atoms with Gasteiger partial charge in [-0.2, -0.15) is 0 Å². The first-order chi connectivity index (χ1) is 7.10. The smallest absolute Gasteiger partial charge is 0.150 e. The second kappa shape index (κ2) is 5.02. The van der Waals surface area contributed by atoms with Crippen LogP contribution in [0.15, 0.2) is 18.2 Å². The Morgan fingerprint density at radius 2 is 2.07 bits per heavy atom. The Morgan fingerprint density at radius 3 is 2.60 bits per heavy atom. The van der Waals surface area contributed by atoms with Crippen LogP contribution < -0.4 is 0 Å². The normalized spacial score (nSPS) is 14.7. The molecule has 0 aromatic heterocycles. The average Bonchev–Trinajstić information content (AvgIpc) is 2.26. The minimum Gasteiger partial charge on any atom is -0.394 e. The number of aldehydes is 1. The summed E-state index contributed by atoms with van der Waals surface area (Å²) in [6.07, 6.45) is -1.89. The number of aliphatic hydroxyl groups is 3. The topological polar surface area (TPSA) is 77.8 Å². The molecular weight excluding hydrogens is 196 g/mol. The van der Waals surface area contributed by atoms with E-state index in [9.17, 15) is 15.0 Å². The number of rotatable bonds is 4. The van der Waals surface area contributed by atoms with Crippen molar-refractivity contribution in [3.05, 3.63) is 34.9 Å². The second-order valence-corrected chi connectivity index (χ2v) is 3.44. The lowest BCUT2D eigenvalue weighted by molar-refractivity contribution is -0.0154. The van der Waals surface area contributed by atoms with Crippen molar-refractivity contribution in [2.24, 2.45) is 0 Å². The maximum Gasteiger partial charge on any atom is 0.150 e. The number of carbonyl (C=O) groups excluding carboxylic acids is 1. The van der Waals surface area contributed by atoms with Crippen LogP contribution in [-0.2, 0) is 0 Å². The molecule has 1 rings (SSSR count).